The van der Waals surface area contributed by atoms with E-state index < -0.39 is 0 Å². The largest absolute Gasteiger partial charge is 0.324 e. The highest BCUT2D eigenvalue weighted by atomic mass is 15.2. The summed E-state index contributed by atoms with van der Waals surface area (Å²) in [5.74, 6) is 0. The minimum Gasteiger partial charge on any atom is -0.324 e. The molecule has 0 aliphatic carbocycles. The molecule has 0 radical (unpaired) electrons. The summed E-state index contributed by atoms with van der Waals surface area (Å²) < 4.78 is 0. The van der Waals surface area contributed by atoms with E-state index in [4.69, 9.17) is 5.73 Å². The molecule has 3 heteroatoms. The van der Waals surface area contributed by atoms with Gasteiger partial charge in [-0.05, 0) is 117 Å². The number of rotatable bonds is 9. The van der Waals surface area contributed by atoms with Crippen molar-refractivity contribution < 1.29 is 0 Å². The van der Waals surface area contributed by atoms with Crippen molar-refractivity contribution in [1.82, 2.24) is 0 Å². The van der Waals surface area contributed by atoms with Gasteiger partial charge in [0.25, 0.3) is 0 Å². The summed E-state index contributed by atoms with van der Waals surface area (Å²) in [6.07, 6.45) is 3.80. The number of hydrogen-bond acceptors (Lipinski definition) is 3. The van der Waals surface area contributed by atoms with Gasteiger partial charge in [0.05, 0.1) is 5.69 Å². The highest BCUT2D eigenvalue weighted by Gasteiger charge is 2.23. The third-order valence-electron chi connectivity index (χ3n) is 9.56. The lowest BCUT2D eigenvalue weighted by Gasteiger charge is -2.30. The maximum absolute atomic E-state index is 6.66. The van der Waals surface area contributed by atoms with Crippen LogP contribution in [0.4, 0.5) is 34.1 Å². The Bertz CT molecular complexity index is 2300. The second kappa shape index (κ2) is 13.5. The van der Waals surface area contributed by atoms with Gasteiger partial charge in [-0.25, -0.2) is 0 Å². The molecule has 0 amide bonds. The van der Waals surface area contributed by atoms with Crippen molar-refractivity contribution in [2.24, 2.45) is 11.1 Å². The van der Waals surface area contributed by atoms with E-state index in [1.165, 1.54) is 10.8 Å². The van der Waals surface area contributed by atoms with Crippen molar-refractivity contribution in [2.45, 2.75) is 26.8 Å². The van der Waals surface area contributed by atoms with Gasteiger partial charge in [-0.3, -0.25) is 0 Å². The van der Waals surface area contributed by atoms with Crippen LogP contribution in [0.15, 0.2) is 165 Å². The molecule has 0 heterocycles. The summed E-state index contributed by atoms with van der Waals surface area (Å²) >= 11 is 0. The molecule has 0 bridgehead atoms. The Labute approximate surface area is 296 Å². The first-order valence-corrected chi connectivity index (χ1v) is 17.2. The summed E-state index contributed by atoms with van der Waals surface area (Å²) in [5.41, 5.74) is 16.3. The van der Waals surface area contributed by atoms with Crippen molar-refractivity contribution in [3.63, 3.8) is 0 Å². The van der Waals surface area contributed by atoms with Crippen LogP contribution >= 0.6 is 0 Å². The molecule has 2 N–H and O–H groups in total. The summed E-state index contributed by atoms with van der Waals surface area (Å²) in [6.45, 7) is 14.7. The zero-order chi connectivity index (χ0) is 34.8. The van der Waals surface area contributed by atoms with Crippen molar-refractivity contribution in [3.05, 3.63) is 182 Å². The molecule has 1 unspecified atom stereocenters. The Hall–Kier alpha value is -5.90. The lowest BCUT2D eigenvalue weighted by Crippen LogP contribution is -2.26. The molecule has 0 aliphatic rings. The summed E-state index contributed by atoms with van der Waals surface area (Å²) in [6, 6.07) is 54.1. The molecule has 50 heavy (non-hydrogen) atoms. The number of nitrogens with two attached hydrogens (primary N) is 1. The molecular weight excluding hydrogens is 607 g/mol. The summed E-state index contributed by atoms with van der Waals surface area (Å²) in [7, 11) is 0. The van der Waals surface area contributed by atoms with E-state index in [1.807, 2.05) is 12.2 Å². The van der Waals surface area contributed by atoms with E-state index in [1.54, 1.807) is 0 Å². The Morgan fingerprint density at radius 3 is 1.66 bits per heavy atom. The van der Waals surface area contributed by atoms with E-state index in [9.17, 15) is 0 Å². The van der Waals surface area contributed by atoms with Crippen LogP contribution in [0.2, 0.25) is 0 Å². The van der Waals surface area contributed by atoms with Crippen molar-refractivity contribution in [3.8, 4) is 0 Å². The molecule has 0 fully saturated rings. The van der Waals surface area contributed by atoms with Crippen LogP contribution in [-0.4, -0.2) is 0 Å². The lowest BCUT2D eigenvalue weighted by molar-refractivity contribution is 0.327. The normalized spacial score (nSPS) is 12.1. The SMILES string of the molecule is C=Cc1cc2cccc(N(c3ccccc3)c3ccc(N(c4ccc(C(N)C(C)(C)C)cc4)c4ccc5ccccc5c4)cc3)c2cc1C=C. The number of para-hydroxylation sites is 1. The molecule has 3 nitrogen and oxygen atoms in total. The van der Waals surface area contributed by atoms with Crippen LogP contribution in [0.5, 0.6) is 0 Å². The maximum Gasteiger partial charge on any atom is 0.0540 e. The fraction of sp³-hybridized carbons (Fsp3) is 0.106. The highest BCUT2D eigenvalue weighted by molar-refractivity contribution is 6.01. The number of hydrogen-bond donors (Lipinski definition) is 1. The zero-order valence-electron chi connectivity index (χ0n) is 29.1. The van der Waals surface area contributed by atoms with Crippen LogP contribution in [0.25, 0.3) is 33.7 Å². The third-order valence-corrected chi connectivity index (χ3v) is 9.56. The molecule has 7 aromatic carbocycles. The minimum atomic E-state index is -0.0612. The van der Waals surface area contributed by atoms with Gasteiger partial charge in [-0.15, -0.1) is 0 Å². The van der Waals surface area contributed by atoms with Crippen LogP contribution in [0, 0.1) is 5.41 Å². The lowest BCUT2D eigenvalue weighted by atomic mass is 9.83. The fourth-order valence-corrected chi connectivity index (χ4v) is 6.74. The summed E-state index contributed by atoms with van der Waals surface area (Å²) in [4.78, 5) is 4.65. The molecule has 0 aromatic heterocycles. The first-order chi connectivity index (χ1) is 24.2. The molecule has 0 spiro atoms. The third kappa shape index (κ3) is 6.32. The Morgan fingerprint density at radius 2 is 1.02 bits per heavy atom. The van der Waals surface area contributed by atoms with E-state index >= 15 is 0 Å². The van der Waals surface area contributed by atoms with Gasteiger partial charge in [-0.1, -0.05) is 119 Å². The second-order valence-electron chi connectivity index (χ2n) is 13.9. The van der Waals surface area contributed by atoms with Gasteiger partial charge < -0.3 is 15.5 Å². The molecule has 0 saturated heterocycles. The molecule has 0 saturated carbocycles. The number of fused-ring (bicyclic) bond motifs is 2. The quantitative estimate of drug-likeness (QED) is 0.169. The standard InChI is InChI=1S/C47H43N3/c1-6-33-30-38-16-13-19-45(44(38)32-34(33)7-2)50(39-17-9-8-10-18-39)42-28-26-41(27-29-42)49(43-25-20-35-14-11-12-15-37(35)31-43)40-23-21-36(22-24-40)46(48)47(3,4)5/h6-32,46H,1-2,48H2,3-5H3. The first kappa shape index (κ1) is 32.6. The highest BCUT2D eigenvalue weighted by Crippen LogP contribution is 2.43. The predicted octanol–water partition coefficient (Wildman–Crippen LogP) is 13.3. The average molecular weight is 650 g/mol. The zero-order valence-corrected chi connectivity index (χ0v) is 29.1. The predicted molar refractivity (Wildman–Crippen MR) is 217 cm³/mol. The maximum atomic E-state index is 6.66. The van der Waals surface area contributed by atoms with Crippen LogP contribution in [0.3, 0.4) is 0 Å². The minimum absolute atomic E-state index is 0.0364. The van der Waals surface area contributed by atoms with E-state index in [-0.39, 0.29) is 11.5 Å². The molecular formula is C47H43N3. The van der Waals surface area contributed by atoms with Crippen molar-refractivity contribution in [2.75, 3.05) is 9.80 Å². The van der Waals surface area contributed by atoms with E-state index in [2.05, 4.69) is 195 Å². The Morgan fingerprint density at radius 1 is 0.500 bits per heavy atom. The Balaban J connectivity index is 1.35. The van der Waals surface area contributed by atoms with Crippen LogP contribution in [-0.2, 0) is 0 Å². The summed E-state index contributed by atoms with van der Waals surface area (Å²) in [5, 5.41) is 4.71. The van der Waals surface area contributed by atoms with Crippen LogP contribution < -0.4 is 15.5 Å². The smallest absolute Gasteiger partial charge is 0.0540 e. The number of nitrogens with zero attached hydrogens (tertiary/aromatic N) is 2. The number of benzene rings is 7. The Kier molecular flexibility index (Phi) is 8.84. The topological polar surface area (TPSA) is 32.5 Å². The molecule has 7 aromatic rings. The van der Waals surface area contributed by atoms with Gasteiger partial charge in [0.1, 0.15) is 0 Å². The van der Waals surface area contributed by atoms with Crippen molar-refractivity contribution in [1.29, 1.82) is 0 Å². The second-order valence-corrected chi connectivity index (χ2v) is 13.9. The first-order valence-electron chi connectivity index (χ1n) is 17.2. The van der Waals surface area contributed by atoms with Gasteiger partial charge in [-0.2, -0.15) is 0 Å². The van der Waals surface area contributed by atoms with Gasteiger partial charge >= 0.3 is 0 Å². The van der Waals surface area contributed by atoms with E-state index in [0.29, 0.717) is 0 Å². The molecule has 7 rings (SSSR count). The molecule has 246 valence electrons. The number of anilines is 6. The molecule has 1 atom stereocenters. The monoisotopic (exact) mass is 649 g/mol. The van der Waals surface area contributed by atoms with Crippen molar-refractivity contribution >= 4 is 67.8 Å². The van der Waals surface area contributed by atoms with Gasteiger partial charge in [0.15, 0.2) is 0 Å². The van der Waals surface area contributed by atoms with Crippen LogP contribution in [0.1, 0.15) is 43.5 Å². The average Bonchev–Trinajstić information content (AvgIpc) is 3.15. The van der Waals surface area contributed by atoms with Gasteiger partial charge in [0, 0.05) is 39.9 Å². The molecule has 0 aliphatic heterocycles. The van der Waals surface area contributed by atoms with E-state index in [0.717, 1.165) is 61.6 Å². The fourth-order valence-electron chi connectivity index (χ4n) is 6.74. The van der Waals surface area contributed by atoms with Gasteiger partial charge in [0.2, 0.25) is 0 Å².